The molecule has 1 aromatic heterocycles. The van der Waals surface area contributed by atoms with Gasteiger partial charge in [0.2, 0.25) is 0 Å². The van der Waals surface area contributed by atoms with E-state index in [0.29, 0.717) is 16.8 Å². The van der Waals surface area contributed by atoms with Gasteiger partial charge in [0, 0.05) is 23.6 Å². The maximum absolute atomic E-state index is 12.9. The van der Waals surface area contributed by atoms with E-state index in [1.807, 2.05) is 48.0 Å². The Balaban J connectivity index is 1.46. The third-order valence-corrected chi connectivity index (χ3v) is 5.00. The van der Waals surface area contributed by atoms with E-state index >= 15 is 0 Å². The van der Waals surface area contributed by atoms with Gasteiger partial charge in [-0.25, -0.2) is 4.98 Å². The van der Waals surface area contributed by atoms with E-state index in [0.717, 1.165) is 11.3 Å². The van der Waals surface area contributed by atoms with E-state index in [9.17, 15) is 9.59 Å². The fraction of sp³-hybridized carbons (Fsp3) is 0.0800. The highest BCUT2D eigenvalue weighted by Gasteiger charge is 2.16. The lowest BCUT2D eigenvalue weighted by Gasteiger charge is -2.17. The van der Waals surface area contributed by atoms with Gasteiger partial charge in [0.15, 0.2) is 0 Å². The van der Waals surface area contributed by atoms with Crippen molar-refractivity contribution >= 4 is 17.5 Å². The first kappa shape index (κ1) is 20.1. The summed E-state index contributed by atoms with van der Waals surface area (Å²) < 4.78 is 1.92. The van der Waals surface area contributed by atoms with E-state index < -0.39 is 0 Å². The Hall–Kier alpha value is -4.19. The van der Waals surface area contributed by atoms with Crippen LogP contribution in [-0.4, -0.2) is 21.4 Å². The number of amides is 2. The van der Waals surface area contributed by atoms with Crippen molar-refractivity contribution in [3.63, 3.8) is 0 Å². The maximum atomic E-state index is 12.9. The number of carbonyl (C=O) groups excluding carboxylic acids is 2. The lowest BCUT2D eigenvalue weighted by Crippen LogP contribution is -2.28. The summed E-state index contributed by atoms with van der Waals surface area (Å²) in [5, 5.41) is 5.85. The number of anilines is 1. The van der Waals surface area contributed by atoms with Gasteiger partial charge < -0.3 is 15.2 Å². The van der Waals surface area contributed by atoms with Crippen LogP contribution in [0.4, 0.5) is 5.69 Å². The molecule has 1 heterocycles. The third-order valence-electron chi connectivity index (χ3n) is 5.00. The van der Waals surface area contributed by atoms with Crippen LogP contribution in [0.5, 0.6) is 0 Å². The lowest BCUT2D eigenvalue weighted by atomic mass is 10.1. The standard InChI is InChI=1S/C25H22N4O2/c1-18(19-11-13-21(14-12-19)29-16-15-26-17-29)27-25(31)22-9-5-6-10-23(22)28-24(30)20-7-3-2-4-8-20/h2-18H,1H3,(H,27,31)(H,28,30)/t18-/m0/s1. The van der Waals surface area contributed by atoms with Crippen molar-refractivity contribution in [1.29, 1.82) is 0 Å². The van der Waals surface area contributed by atoms with Gasteiger partial charge in [-0.1, -0.05) is 42.5 Å². The molecule has 6 nitrogen and oxygen atoms in total. The van der Waals surface area contributed by atoms with Gasteiger partial charge in [0.1, 0.15) is 0 Å². The molecule has 4 aromatic rings. The minimum atomic E-state index is -0.260. The molecule has 6 heteroatoms. The molecule has 0 fully saturated rings. The Labute approximate surface area is 180 Å². The molecule has 0 radical (unpaired) electrons. The van der Waals surface area contributed by atoms with Crippen molar-refractivity contribution in [2.24, 2.45) is 0 Å². The predicted octanol–water partition coefficient (Wildman–Crippen LogP) is 4.62. The number of aromatic nitrogens is 2. The van der Waals surface area contributed by atoms with Crippen molar-refractivity contribution in [3.05, 3.63) is 114 Å². The zero-order valence-corrected chi connectivity index (χ0v) is 17.0. The van der Waals surface area contributed by atoms with E-state index in [-0.39, 0.29) is 17.9 Å². The molecule has 0 unspecified atom stereocenters. The number of nitrogens with zero attached hydrogens (tertiary/aromatic N) is 2. The molecular formula is C25H22N4O2. The predicted molar refractivity (Wildman–Crippen MR) is 120 cm³/mol. The number of rotatable bonds is 6. The number of imidazole rings is 1. The molecule has 0 bridgehead atoms. The summed E-state index contributed by atoms with van der Waals surface area (Å²) >= 11 is 0. The fourth-order valence-electron chi connectivity index (χ4n) is 3.28. The molecular weight excluding hydrogens is 388 g/mol. The molecule has 0 aliphatic heterocycles. The summed E-state index contributed by atoms with van der Waals surface area (Å²) in [4.78, 5) is 29.5. The maximum Gasteiger partial charge on any atom is 0.255 e. The Kier molecular flexibility index (Phi) is 5.89. The molecule has 2 amide bonds. The zero-order valence-electron chi connectivity index (χ0n) is 17.0. The summed E-state index contributed by atoms with van der Waals surface area (Å²) in [5.41, 5.74) is 3.38. The second-order valence-electron chi connectivity index (χ2n) is 7.12. The molecule has 0 aliphatic rings. The van der Waals surface area contributed by atoms with Crippen LogP contribution in [-0.2, 0) is 0 Å². The van der Waals surface area contributed by atoms with Crippen LogP contribution in [0.25, 0.3) is 5.69 Å². The summed E-state index contributed by atoms with van der Waals surface area (Å²) in [5.74, 6) is -0.515. The first-order valence-electron chi connectivity index (χ1n) is 9.96. The van der Waals surface area contributed by atoms with Crippen LogP contribution in [0, 0.1) is 0 Å². The van der Waals surface area contributed by atoms with Crippen LogP contribution in [0.15, 0.2) is 97.6 Å². The molecule has 0 saturated carbocycles. The number of para-hydroxylation sites is 1. The second-order valence-corrected chi connectivity index (χ2v) is 7.12. The van der Waals surface area contributed by atoms with E-state index in [1.54, 1.807) is 61.1 Å². The molecule has 1 atom stereocenters. The number of nitrogens with one attached hydrogen (secondary N) is 2. The van der Waals surface area contributed by atoms with Crippen molar-refractivity contribution in [2.75, 3.05) is 5.32 Å². The highest BCUT2D eigenvalue weighted by Crippen LogP contribution is 2.20. The number of hydrogen-bond acceptors (Lipinski definition) is 3. The molecule has 0 spiro atoms. The average Bonchev–Trinajstić information content (AvgIpc) is 3.35. The summed E-state index contributed by atoms with van der Waals surface area (Å²) in [7, 11) is 0. The van der Waals surface area contributed by atoms with Crippen molar-refractivity contribution < 1.29 is 9.59 Å². The second kappa shape index (κ2) is 9.09. The molecule has 0 aliphatic carbocycles. The van der Waals surface area contributed by atoms with Crippen LogP contribution in [0.3, 0.4) is 0 Å². The summed E-state index contributed by atoms with van der Waals surface area (Å²) in [6.07, 6.45) is 5.34. The SMILES string of the molecule is C[C@H](NC(=O)c1ccccc1NC(=O)c1ccccc1)c1ccc(-n2ccnc2)cc1. The lowest BCUT2D eigenvalue weighted by molar-refractivity contribution is 0.0941. The summed E-state index contributed by atoms with van der Waals surface area (Å²) in [6.45, 7) is 1.93. The van der Waals surface area contributed by atoms with Crippen molar-refractivity contribution in [2.45, 2.75) is 13.0 Å². The quantitative estimate of drug-likeness (QED) is 0.487. The smallest absolute Gasteiger partial charge is 0.255 e. The van der Waals surface area contributed by atoms with Gasteiger partial charge in [0.25, 0.3) is 11.8 Å². The van der Waals surface area contributed by atoms with Crippen LogP contribution < -0.4 is 10.6 Å². The van der Waals surface area contributed by atoms with Crippen LogP contribution in [0.2, 0.25) is 0 Å². The first-order chi connectivity index (χ1) is 15.1. The minimum absolute atomic E-state index is 0.206. The average molecular weight is 410 g/mol. The molecule has 4 rings (SSSR count). The highest BCUT2D eigenvalue weighted by molar-refractivity contribution is 6.09. The van der Waals surface area contributed by atoms with Gasteiger partial charge in [-0.05, 0) is 48.9 Å². The minimum Gasteiger partial charge on any atom is -0.345 e. The first-order valence-corrected chi connectivity index (χ1v) is 9.96. The van der Waals surface area contributed by atoms with Gasteiger partial charge >= 0.3 is 0 Å². The monoisotopic (exact) mass is 410 g/mol. The molecule has 31 heavy (non-hydrogen) atoms. The van der Waals surface area contributed by atoms with Gasteiger partial charge in [0.05, 0.1) is 23.6 Å². The Morgan fingerprint density at radius 2 is 1.58 bits per heavy atom. The molecule has 2 N–H and O–H groups in total. The Morgan fingerprint density at radius 1 is 0.871 bits per heavy atom. The molecule has 154 valence electrons. The van der Waals surface area contributed by atoms with Crippen LogP contribution in [0.1, 0.15) is 39.2 Å². The van der Waals surface area contributed by atoms with Crippen molar-refractivity contribution in [1.82, 2.24) is 14.9 Å². The van der Waals surface area contributed by atoms with Gasteiger partial charge in [-0.3, -0.25) is 9.59 Å². The van der Waals surface area contributed by atoms with Crippen molar-refractivity contribution in [3.8, 4) is 5.69 Å². The fourth-order valence-corrected chi connectivity index (χ4v) is 3.28. The summed E-state index contributed by atoms with van der Waals surface area (Å²) in [6, 6.07) is 23.6. The number of carbonyl (C=O) groups is 2. The van der Waals surface area contributed by atoms with E-state index in [4.69, 9.17) is 0 Å². The molecule has 3 aromatic carbocycles. The highest BCUT2D eigenvalue weighted by atomic mass is 16.2. The third kappa shape index (κ3) is 4.70. The zero-order chi connectivity index (χ0) is 21.6. The largest absolute Gasteiger partial charge is 0.345 e. The Bertz CT molecular complexity index is 1170. The molecule has 0 saturated heterocycles. The Morgan fingerprint density at radius 3 is 2.29 bits per heavy atom. The normalized spacial score (nSPS) is 11.5. The topological polar surface area (TPSA) is 76.0 Å². The van der Waals surface area contributed by atoms with E-state index in [1.165, 1.54) is 0 Å². The number of benzene rings is 3. The van der Waals surface area contributed by atoms with Gasteiger partial charge in [-0.2, -0.15) is 0 Å². The van der Waals surface area contributed by atoms with E-state index in [2.05, 4.69) is 15.6 Å². The van der Waals surface area contributed by atoms with Gasteiger partial charge in [-0.15, -0.1) is 0 Å². The van der Waals surface area contributed by atoms with Crippen LogP contribution >= 0.6 is 0 Å². The number of hydrogen-bond donors (Lipinski definition) is 2.